The Morgan fingerprint density at radius 2 is 2.18 bits per heavy atom. The van der Waals surface area contributed by atoms with Crippen LogP contribution >= 0.6 is 22.9 Å². The minimum Gasteiger partial charge on any atom is -0.304 e. The van der Waals surface area contributed by atoms with Gasteiger partial charge in [0, 0.05) is 23.2 Å². The van der Waals surface area contributed by atoms with E-state index in [4.69, 9.17) is 11.6 Å². The first-order valence-corrected chi connectivity index (χ1v) is 6.76. The monoisotopic (exact) mass is 266 g/mol. The number of halogens is 1. The van der Waals surface area contributed by atoms with E-state index in [0.29, 0.717) is 6.04 Å². The van der Waals surface area contributed by atoms with Crippen molar-refractivity contribution >= 4 is 22.9 Å². The minimum absolute atomic E-state index is 0.301. The number of nitrogens with zero attached hydrogens (tertiary/aromatic N) is 1. The first-order chi connectivity index (χ1) is 8.15. The Kier molecular flexibility index (Phi) is 4.15. The van der Waals surface area contributed by atoms with E-state index >= 15 is 0 Å². The van der Waals surface area contributed by atoms with Crippen LogP contribution in [0.25, 0.3) is 0 Å². The average Bonchev–Trinajstić information content (AvgIpc) is 2.73. The highest BCUT2D eigenvalue weighted by molar-refractivity contribution is 7.16. The number of hydrogen-bond acceptors (Lipinski definition) is 3. The quantitative estimate of drug-likeness (QED) is 0.906. The molecule has 1 atom stereocenters. The second-order valence-electron chi connectivity index (χ2n) is 4.01. The summed E-state index contributed by atoms with van der Waals surface area (Å²) in [4.78, 5) is 5.71. The molecule has 2 heterocycles. The molecule has 0 bridgehead atoms. The lowest BCUT2D eigenvalue weighted by molar-refractivity contribution is 0.575. The molecule has 0 fully saturated rings. The number of nitrogens with one attached hydrogen (secondary N) is 1. The van der Waals surface area contributed by atoms with E-state index in [1.807, 2.05) is 31.2 Å². The van der Waals surface area contributed by atoms with E-state index in [0.717, 1.165) is 22.3 Å². The standard InChI is InChI=1S/C13H15ClN2S/c1-9-4-3-5-11(16-9)8-15-10(2)12-6-7-13(14)17-12/h3-7,10,15H,8H2,1-2H3. The van der Waals surface area contributed by atoms with E-state index in [1.54, 1.807) is 11.3 Å². The van der Waals surface area contributed by atoms with Crippen LogP contribution in [0.1, 0.15) is 29.2 Å². The van der Waals surface area contributed by atoms with Crippen molar-refractivity contribution in [2.75, 3.05) is 0 Å². The van der Waals surface area contributed by atoms with Crippen molar-refractivity contribution in [3.05, 3.63) is 50.9 Å². The highest BCUT2D eigenvalue weighted by Gasteiger charge is 2.07. The zero-order valence-corrected chi connectivity index (χ0v) is 11.5. The molecule has 0 aliphatic rings. The maximum absolute atomic E-state index is 5.92. The molecule has 4 heteroatoms. The van der Waals surface area contributed by atoms with Crippen molar-refractivity contribution in [2.45, 2.75) is 26.4 Å². The molecule has 1 N–H and O–H groups in total. The van der Waals surface area contributed by atoms with Crippen molar-refractivity contribution < 1.29 is 0 Å². The smallest absolute Gasteiger partial charge is 0.0931 e. The van der Waals surface area contributed by atoms with Crippen molar-refractivity contribution in [3.63, 3.8) is 0 Å². The van der Waals surface area contributed by atoms with E-state index in [-0.39, 0.29) is 0 Å². The number of rotatable bonds is 4. The average molecular weight is 267 g/mol. The first-order valence-electron chi connectivity index (χ1n) is 5.56. The Balaban J connectivity index is 1.94. The molecule has 2 nitrogen and oxygen atoms in total. The number of hydrogen-bond donors (Lipinski definition) is 1. The van der Waals surface area contributed by atoms with Gasteiger partial charge < -0.3 is 5.32 Å². The summed E-state index contributed by atoms with van der Waals surface area (Å²) in [6, 6.07) is 10.4. The summed E-state index contributed by atoms with van der Waals surface area (Å²) in [6.07, 6.45) is 0. The van der Waals surface area contributed by atoms with Crippen LogP contribution in [0.2, 0.25) is 4.34 Å². The Morgan fingerprint density at radius 3 is 2.82 bits per heavy atom. The van der Waals surface area contributed by atoms with Crippen LogP contribution in [-0.2, 0) is 6.54 Å². The van der Waals surface area contributed by atoms with Gasteiger partial charge in [-0.05, 0) is 38.1 Å². The summed E-state index contributed by atoms with van der Waals surface area (Å²) in [5.41, 5.74) is 2.12. The number of aromatic nitrogens is 1. The molecule has 0 amide bonds. The van der Waals surface area contributed by atoms with Gasteiger partial charge in [0.2, 0.25) is 0 Å². The van der Waals surface area contributed by atoms with Crippen LogP contribution in [0, 0.1) is 6.92 Å². The van der Waals surface area contributed by atoms with Gasteiger partial charge in [-0.1, -0.05) is 17.7 Å². The number of pyridine rings is 1. The second-order valence-corrected chi connectivity index (χ2v) is 5.76. The highest BCUT2D eigenvalue weighted by Crippen LogP contribution is 2.26. The van der Waals surface area contributed by atoms with Gasteiger partial charge in [-0.3, -0.25) is 4.98 Å². The third-order valence-corrected chi connectivity index (χ3v) is 3.97. The van der Waals surface area contributed by atoms with Crippen LogP contribution in [0.5, 0.6) is 0 Å². The largest absolute Gasteiger partial charge is 0.304 e. The number of aryl methyl sites for hydroxylation is 1. The predicted octanol–water partition coefficient (Wildman–Crippen LogP) is 3.96. The molecule has 0 radical (unpaired) electrons. The third-order valence-electron chi connectivity index (χ3n) is 2.56. The lowest BCUT2D eigenvalue weighted by atomic mass is 10.2. The van der Waals surface area contributed by atoms with Crippen LogP contribution in [-0.4, -0.2) is 4.98 Å². The Labute approximate surface area is 111 Å². The summed E-state index contributed by atoms with van der Waals surface area (Å²) >= 11 is 7.54. The molecule has 90 valence electrons. The van der Waals surface area contributed by atoms with Gasteiger partial charge in [-0.15, -0.1) is 11.3 Å². The molecule has 0 saturated heterocycles. The van der Waals surface area contributed by atoms with Gasteiger partial charge in [-0.25, -0.2) is 0 Å². The zero-order valence-electron chi connectivity index (χ0n) is 9.90. The molecule has 0 aliphatic carbocycles. The Hall–Kier alpha value is -0.900. The molecule has 1 unspecified atom stereocenters. The molecule has 2 aromatic heterocycles. The SMILES string of the molecule is Cc1cccc(CNC(C)c2ccc(Cl)s2)n1. The van der Waals surface area contributed by atoms with Crippen molar-refractivity contribution in [1.82, 2.24) is 10.3 Å². The van der Waals surface area contributed by atoms with E-state index in [2.05, 4.69) is 23.3 Å². The molecule has 17 heavy (non-hydrogen) atoms. The third kappa shape index (κ3) is 3.53. The van der Waals surface area contributed by atoms with Crippen LogP contribution in [0.15, 0.2) is 30.3 Å². The van der Waals surface area contributed by atoms with Crippen molar-refractivity contribution in [3.8, 4) is 0 Å². The van der Waals surface area contributed by atoms with E-state index < -0.39 is 0 Å². The van der Waals surface area contributed by atoms with Crippen molar-refractivity contribution in [1.29, 1.82) is 0 Å². The summed E-state index contributed by atoms with van der Waals surface area (Å²) in [5, 5.41) is 3.45. The maximum Gasteiger partial charge on any atom is 0.0931 e. The highest BCUT2D eigenvalue weighted by atomic mass is 35.5. The first kappa shape index (κ1) is 12.6. The fraction of sp³-hybridized carbons (Fsp3) is 0.308. The van der Waals surface area contributed by atoms with Crippen molar-refractivity contribution in [2.24, 2.45) is 0 Å². The van der Waals surface area contributed by atoms with Gasteiger partial charge in [0.25, 0.3) is 0 Å². The van der Waals surface area contributed by atoms with Gasteiger partial charge in [-0.2, -0.15) is 0 Å². The summed E-state index contributed by atoms with van der Waals surface area (Å²) in [5.74, 6) is 0. The molecule has 2 rings (SSSR count). The number of thiophene rings is 1. The molecular formula is C13H15ClN2S. The van der Waals surface area contributed by atoms with E-state index in [1.165, 1.54) is 4.88 Å². The molecule has 2 aromatic rings. The summed E-state index contributed by atoms with van der Waals surface area (Å²) < 4.78 is 0.835. The fourth-order valence-corrected chi connectivity index (χ4v) is 2.70. The zero-order chi connectivity index (χ0) is 12.3. The lowest BCUT2D eigenvalue weighted by Crippen LogP contribution is -2.17. The normalized spacial score (nSPS) is 12.6. The van der Waals surface area contributed by atoms with Gasteiger partial charge in [0.15, 0.2) is 0 Å². The predicted molar refractivity (Wildman–Crippen MR) is 73.6 cm³/mol. The summed E-state index contributed by atoms with van der Waals surface area (Å²) in [6.45, 7) is 4.92. The van der Waals surface area contributed by atoms with Gasteiger partial charge in [0.1, 0.15) is 0 Å². The van der Waals surface area contributed by atoms with Gasteiger partial charge >= 0.3 is 0 Å². The van der Waals surface area contributed by atoms with E-state index in [9.17, 15) is 0 Å². The molecular weight excluding hydrogens is 252 g/mol. The topological polar surface area (TPSA) is 24.9 Å². The Bertz CT molecular complexity index is 496. The molecule has 0 aromatic carbocycles. The lowest BCUT2D eigenvalue weighted by Gasteiger charge is -2.11. The summed E-state index contributed by atoms with van der Waals surface area (Å²) in [7, 11) is 0. The molecule has 0 spiro atoms. The second kappa shape index (κ2) is 5.63. The van der Waals surface area contributed by atoms with Crippen LogP contribution in [0.3, 0.4) is 0 Å². The Morgan fingerprint density at radius 1 is 1.35 bits per heavy atom. The van der Waals surface area contributed by atoms with Crippen LogP contribution in [0.4, 0.5) is 0 Å². The minimum atomic E-state index is 0.301. The van der Waals surface area contributed by atoms with Crippen LogP contribution < -0.4 is 5.32 Å². The van der Waals surface area contributed by atoms with Gasteiger partial charge in [0.05, 0.1) is 10.0 Å². The molecule has 0 aliphatic heterocycles. The molecule has 0 saturated carbocycles. The fourth-order valence-electron chi connectivity index (χ4n) is 1.62. The maximum atomic E-state index is 5.92.